The Bertz CT molecular complexity index is 1340. The fourth-order valence-electron chi connectivity index (χ4n) is 5.74. The van der Waals surface area contributed by atoms with Gasteiger partial charge in [-0.05, 0) is 63.1 Å². The molecule has 0 aromatic heterocycles. The van der Waals surface area contributed by atoms with Crippen molar-refractivity contribution in [2.45, 2.75) is 39.0 Å². The van der Waals surface area contributed by atoms with E-state index in [1.54, 1.807) is 58.2 Å². The van der Waals surface area contributed by atoms with E-state index in [2.05, 4.69) is 0 Å². The van der Waals surface area contributed by atoms with Crippen LogP contribution >= 0.6 is 0 Å². The van der Waals surface area contributed by atoms with E-state index >= 15 is 0 Å². The van der Waals surface area contributed by atoms with Gasteiger partial charge in [-0.3, -0.25) is 14.6 Å². The molecule has 1 heterocycles. The highest BCUT2D eigenvalue weighted by molar-refractivity contribution is 6.18. The molecule has 9 nitrogen and oxygen atoms in total. The average molecular weight is 550 g/mol. The lowest BCUT2D eigenvalue weighted by molar-refractivity contribution is -0.153. The van der Waals surface area contributed by atoms with Gasteiger partial charge in [-0.1, -0.05) is 12.1 Å². The number of carbonyl (C=O) groups excluding carboxylic acids is 3. The third-order valence-corrected chi connectivity index (χ3v) is 7.50. The summed E-state index contributed by atoms with van der Waals surface area (Å²) in [5.41, 5.74) is 2.66. The van der Waals surface area contributed by atoms with Crippen LogP contribution in [0.25, 0.3) is 0 Å². The number of methoxy groups -OCH3 is 3. The summed E-state index contributed by atoms with van der Waals surface area (Å²) in [4.78, 5) is 46.0. The standard InChI is InChI=1S/C31H35NO8/c1-7-39-30(34)25-17(3)32-23-16-21(18-9-11-19(36-4)12-10-18)27(31(35)40-8-2)29(33)28(23)26(25)22-15-20(37-5)13-14-24(22)38-6/h9-15,21,26-28H,7-8,16H2,1-6H3/t21-,26+,27+,28?/m0/s1. The van der Waals surface area contributed by atoms with E-state index in [1.807, 2.05) is 12.1 Å². The van der Waals surface area contributed by atoms with Crippen LogP contribution in [0.1, 0.15) is 50.2 Å². The minimum Gasteiger partial charge on any atom is -0.497 e. The van der Waals surface area contributed by atoms with Gasteiger partial charge in [0, 0.05) is 28.8 Å². The van der Waals surface area contributed by atoms with E-state index in [9.17, 15) is 14.4 Å². The maximum absolute atomic E-state index is 14.5. The Labute approximate surface area is 234 Å². The number of benzene rings is 2. The van der Waals surface area contributed by atoms with Crippen LogP contribution in [0.5, 0.6) is 17.2 Å². The van der Waals surface area contributed by atoms with Gasteiger partial charge in [0.15, 0.2) is 5.78 Å². The number of esters is 2. The van der Waals surface area contributed by atoms with E-state index in [4.69, 9.17) is 28.7 Å². The second-order valence-electron chi connectivity index (χ2n) is 9.60. The summed E-state index contributed by atoms with van der Waals surface area (Å²) in [6.45, 7) is 5.44. The molecular formula is C31H35NO8. The number of aliphatic imine (C=N–C) groups is 1. The van der Waals surface area contributed by atoms with Crippen molar-refractivity contribution in [2.75, 3.05) is 34.5 Å². The minimum atomic E-state index is -1.10. The number of rotatable bonds is 9. The first-order valence-electron chi connectivity index (χ1n) is 13.3. The molecule has 2 aliphatic rings. The van der Waals surface area contributed by atoms with Gasteiger partial charge in [0.05, 0.1) is 46.0 Å². The van der Waals surface area contributed by atoms with Gasteiger partial charge in [-0.2, -0.15) is 0 Å². The first kappa shape index (κ1) is 28.9. The quantitative estimate of drug-likeness (QED) is 0.329. The lowest BCUT2D eigenvalue weighted by atomic mass is 9.62. The fourth-order valence-corrected chi connectivity index (χ4v) is 5.74. The lowest BCUT2D eigenvalue weighted by Crippen LogP contribution is -2.48. The monoisotopic (exact) mass is 549 g/mol. The second kappa shape index (κ2) is 12.4. The average Bonchev–Trinajstić information content (AvgIpc) is 2.96. The third kappa shape index (κ3) is 5.33. The Morgan fingerprint density at radius 3 is 2.12 bits per heavy atom. The molecule has 2 aromatic carbocycles. The predicted octanol–water partition coefficient (Wildman–Crippen LogP) is 4.64. The molecular weight excluding hydrogens is 514 g/mol. The maximum Gasteiger partial charge on any atom is 0.336 e. The topological polar surface area (TPSA) is 110 Å². The molecule has 0 radical (unpaired) electrons. The molecule has 1 aliphatic carbocycles. The van der Waals surface area contributed by atoms with Crippen LogP contribution in [-0.2, 0) is 23.9 Å². The van der Waals surface area contributed by atoms with Crippen LogP contribution in [0.4, 0.5) is 0 Å². The fraction of sp³-hybridized carbons (Fsp3) is 0.419. The predicted molar refractivity (Wildman–Crippen MR) is 148 cm³/mol. The highest BCUT2D eigenvalue weighted by Crippen LogP contribution is 2.50. The molecule has 0 bridgehead atoms. The summed E-state index contributed by atoms with van der Waals surface area (Å²) in [6.07, 6.45) is 0.322. The number of Topliss-reactive ketones (excluding diaryl/α,β-unsaturated/α-hetero) is 1. The van der Waals surface area contributed by atoms with Crippen LogP contribution in [0.15, 0.2) is 58.7 Å². The molecule has 0 saturated heterocycles. The summed E-state index contributed by atoms with van der Waals surface area (Å²) in [7, 11) is 4.63. The van der Waals surface area contributed by atoms with Gasteiger partial charge in [-0.25, -0.2) is 4.79 Å². The van der Waals surface area contributed by atoms with E-state index in [0.717, 1.165) is 5.56 Å². The van der Waals surface area contributed by atoms with Crippen molar-refractivity contribution in [3.8, 4) is 17.2 Å². The smallest absolute Gasteiger partial charge is 0.336 e. The zero-order chi connectivity index (χ0) is 29.0. The SMILES string of the molecule is CCOC(=O)C1=C(C)N=C2C[C@@H](c3ccc(OC)cc3)[C@@H](C(=O)OCC)C(=O)C2[C@@H]1c1cc(OC)ccc1OC. The summed E-state index contributed by atoms with van der Waals surface area (Å²) < 4.78 is 27.3. The molecule has 2 aromatic rings. The normalized spacial score (nSPS) is 22.1. The number of fused-ring (bicyclic) bond motifs is 1. The van der Waals surface area contributed by atoms with Gasteiger partial charge in [-0.15, -0.1) is 0 Å². The van der Waals surface area contributed by atoms with E-state index in [-0.39, 0.29) is 24.6 Å². The number of carbonyl (C=O) groups is 3. The van der Waals surface area contributed by atoms with Crippen LogP contribution < -0.4 is 14.2 Å². The third-order valence-electron chi connectivity index (χ3n) is 7.50. The molecule has 1 aliphatic heterocycles. The number of ether oxygens (including phenoxy) is 5. The van der Waals surface area contributed by atoms with Crippen LogP contribution in [0.2, 0.25) is 0 Å². The Hall–Kier alpha value is -4.14. The maximum atomic E-state index is 14.5. The molecule has 0 spiro atoms. The number of nitrogens with zero attached hydrogens (tertiary/aromatic N) is 1. The summed E-state index contributed by atoms with van der Waals surface area (Å²) in [5, 5.41) is 0. The molecule has 1 saturated carbocycles. The zero-order valence-corrected chi connectivity index (χ0v) is 23.7. The van der Waals surface area contributed by atoms with Gasteiger partial charge < -0.3 is 23.7 Å². The molecule has 0 N–H and O–H groups in total. The van der Waals surface area contributed by atoms with Crippen molar-refractivity contribution >= 4 is 23.4 Å². The van der Waals surface area contributed by atoms with E-state index in [1.165, 1.54) is 14.2 Å². The molecule has 0 amide bonds. The number of ketones is 1. The van der Waals surface area contributed by atoms with Crippen molar-refractivity contribution in [3.05, 3.63) is 64.9 Å². The lowest BCUT2D eigenvalue weighted by Gasteiger charge is -2.41. The molecule has 4 rings (SSSR count). The first-order valence-corrected chi connectivity index (χ1v) is 13.3. The molecule has 9 heteroatoms. The Balaban J connectivity index is 1.93. The summed E-state index contributed by atoms with van der Waals surface area (Å²) in [5.74, 6) is -3.20. The van der Waals surface area contributed by atoms with Gasteiger partial charge in [0.25, 0.3) is 0 Å². The van der Waals surface area contributed by atoms with Crippen molar-refractivity contribution in [2.24, 2.45) is 16.8 Å². The zero-order valence-electron chi connectivity index (χ0n) is 23.7. The van der Waals surface area contributed by atoms with Gasteiger partial charge >= 0.3 is 11.9 Å². The molecule has 4 atom stereocenters. The number of hydrogen-bond acceptors (Lipinski definition) is 9. The molecule has 1 unspecified atom stereocenters. The van der Waals surface area contributed by atoms with E-state index < -0.39 is 35.6 Å². The molecule has 1 fully saturated rings. The highest BCUT2D eigenvalue weighted by atomic mass is 16.5. The van der Waals surface area contributed by atoms with Crippen molar-refractivity contribution < 1.29 is 38.1 Å². The second-order valence-corrected chi connectivity index (χ2v) is 9.60. The summed E-state index contributed by atoms with van der Waals surface area (Å²) >= 11 is 0. The van der Waals surface area contributed by atoms with Crippen molar-refractivity contribution in [1.82, 2.24) is 0 Å². The van der Waals surface area contributed by atoms with Crippen molar-refractivity contribution in [1.29, 1.82) is 0 Å². The molecule has 40 heavy (non-hydrogen) atoms. The Morgan fingerprint density at radius 2 is 1.52 bits per heavy atom. The number of hydrogen-bond donors (Lipinski definition) is 0. The van der Waals surface area contributed by atoms with Gasteiger partial charge in [0.2, 0.25) is 0 Å². The van der Waals surface area contributed by atoms with Crippen LogP contribution in [-0.4, -0.2) is 58.0 Å². The first-order chi connectivity index (χ1) is 19.3. The van der Waals surface area contributed by atoms with Crippen molar-refractivity contribution in [3.63, 3.8) is 0 Å². The largest absolute Gasteiger partial charge is 0.497 e. The van der Waals surface area contributed by atoms with E-state index in [0.29, 0.717) is 40.6 Å². The minimum absolute atomic E-state index is 0.129. The Morgan fingerprint density at radius 1 is 0.875 bits per heavy atom. The van der Waals surface area contributed by atoms with Gasteiger partial charge in [0.1, 0.15) is 23.2 Å². The Kier molecular flexibility index (Phi) is 8.92. The van der Waals surface area contributed by atoms with Crippen LogP contribution in [0, 0.1) is 11.8 Å². The van der Waals surface area contributed by atoms with Crippen LogP contribution in [0.3, 0.4) is 0 Å². The molecule has 212 valence electrons. The highest BCUT2D eigenvalue weighted by Gasteiger charge is 2.53. The summed E-state index contributed by atoms with van der Waals surface area (Å²) in [6, 6.07) is 12.5. The number of allylic oxidation sites excluding steroid dienone is 1.